The highest BCUT2D eigenvalue weighted by molar-refractivity contribution is 6.63. The quantitative estimate of drug-likeness (QED) is 0.417. The molecule has 20 heavy (non-hydrogen) atoms. The van der Waals surface area contributed by atoms with Gasteiger partial charge < -0.3 is 5.11 Å². The number of carbonyl (C=O) groups excluding carboxylic acids is 1. The van der Waals surface area contributed by atoms with E-state index in [2.05, 4.69) is 13.8 Å². The molecule has 0 saturated heterocycles. The molecule has 0 aliphatic heterocycles. The zero-order valence-electron chi connectivity index (χ0n) is 12.6. The van der Waals surface area contributed by atoms with Crippen LogP contribution in [0.25, 0.3) is 0 Å². The van der Waals surface area contributed by atoms with Crippen LogP contribution in [0, 0.1) is 11.8 Å². The molecule has 0 amide bonds. The molecule has 116 valence electrons. The summed E-state index contributed by atoms with van der Waals surface area (Å²) in [6, 6.07) is 0. The van der Waals surface area contributed by atoms with E-state index in [1.165, 1.54) is 0 Å². The number of hydrogen-bond acceptors (Lipinski definition) is 2. The highest BCUT2D eigenvalue weighted by Crippen LogP contribution is 2.18. The van der Waals surface area contributed by atoms with Gasteiger partial charge in [-0.05, 0) is 37.3 Å². The van der Waals surface area contributed by atoms with E-state index in [1.54, 1.807) is 0 Å². The van der Waals surface area contributed by atoms with E-state index in [4.69, 9.17) is 16.7 Å². The second-order valence-electron chi connectivity index (χ2n) is 5.26. The topological polar surface area (TPSA) is 54.4 Å². The molecule has 0 saturated carbocycles. The largest absolute Gasteiger partial charge is 0.481 e. The number of allylic oxidation sites excluding steroid dienone is 2. The van der Waals surface area contributed by atoms with E-state index in [9.17, 15) is 9.59 Å². The van der Waals surface area contributed by atoms with Crippen molar-refractivity contribution in [2.75, 3.05) is 0 Å². The van der Waals surface area contributed by atoms with Gasteiger partial charge in [0.25, 0.3) is 0 Å². The van der Waals surface area contributed by atoms with Gasteiger partial charge in [-0.1, -0.05) is 51.7 Å². The molecular formula is C16H27ClO3. The minimum Gasteiger partial charge on any atom is -0.481 e. The summed E-state index contributed by atoms with van der Waals surface area (Å²) in [4.78, 5) is 22.3. The van der Waals surface area contributed by atoms with E-state index >= 15 is 0 Å². The number of carboxylic acids is 1. The van der Waals surface area contributed by atoms with Gasteiger partial charge in [0, 0.05) is 5.92 Å². The summed E-state index contributed by atoms with van der Waals surface area (Å²) < 4.78 is 0. The van der Waals surface area contributed by atoms with Crippen molar-refractivity contribution >= 4 is 22.8 Å². The molecule has 0 rings (SSSR count). The van der Waals surface area contributed by atoms with Crippen molar-refractivity contribution in [3.8, 4) is 0 Å². The van der Waals surface area contributed by atoms with Crippen molar-refractivity contribution in [3.63, 3.8) is 0 Å². The molecule has 0 bridgehead atoms. The summed E-state index contributed by atoms with van der Waals surface area (Å²) in [5, 5.41) is 8.82. The second kappa shape index (κ2) is 12.0. The Hall–Kier alpha value is -0.830. The van der Waals surface area contributed by atoms with E-state index < -0.39 is 5.97 Å². The maximum Gasteiger partial charge on any atom is 0.306 e. The van der Waals surface area contributed by atoms with Crippen LogP contribution in [-0.2, 0) is 9.59 Å². The fourth-order valence-electron chi connectivity index (χ4n) is 2.09. The Kier molecular flexibility index (Phi) is 11.5. The molecule has 4 heteroatoms. The third kappa shape index (κ3) is 9.13. The summed E-state index contributed by atoms with van der Waals surface area (Å²) in [6.45, 7) is 4.13. The number of carbonyl (C=O) groups is 2. The van der Waals surface area contributed by atoms with Crippen LogP contribution in [0.2, 0.25) is 0 Å². The normalized spacial score (nSPS) is 14.3. The first-order valence-corrected chi connectivity index (χ1v) is 7.97. The number of carboxylic acid groups (broad SMARTS) is 1. The Balaban J connectivity index is 4.18. The SMILES string of the molecule is CCCCC(CC=CCC(CCCC)C(=O)Cl)C(=O)O. The summed E-state index contributed by atoms with van der Waals surface area (Å²) in [5.74, 6) is -1.18. The standard InChI is InChI=1S/C16H27ClO3/c1-3-5-9-13(15(17)18)11-7-8-12-14(16(19)20)10-6-4-2/h7-8,13-14H,3-6,9-12H2,1-2H3,(H,19,20). The highest BCUT2D eigenvalue weighted by atomic mass is 35.5. The summed E-state index contributed by atoms with van der Waals surface area (Å²) in [7, 11) is 0. The van der Waals surface area contributed by atoms with Crippen molar-refractivity contribution in [2.24, 2.45) is 11.8 Å². The van der Waals surface area contributed by atoms with Gasteiger partial charge in [0.1, 0.15) is 0 Å². The van der Waals surface area contributed by atoms with Gasteiger partial charge >= 0.3 is 5.97 Å². The second-order valence-corrected chi connectivity index (χ2v) is 5.64. The van der Waals surface area contributed by atoms with Crippen LogP contribution >= 0.6 is 11.6 Å². The predicted molar refractivity (Wildman–Crippen MR) is 82.9 cm³/mol. The van der Waals surface area contributed by atoms with Crippen molar-refractivity contribution in [2.45, 2.75) is 65.2 Å². The number of halogens is 1. The van der Waals surface area contributed by atoms with E-state index in [-0.39, 0.29) is 17.1 Å². The molecule has 2 atom stereocenters. The molecule has 1 N–H and O–H groups in total. The van der Waals surface area contributed by atoms with Crippen molar-refractivity contribution in [1.82, 2.24) is 0 Å². The lowest BCUT2D eigenvalue weighted by atomic mass is 9.96. The molecule has 0 aliphatic rings. The van der Waals surface area contributed by atoms with Crippen LogP contribution in [0.4, 0.5) is 0 Å². The Morgan fingerprint density at radius 1 is 1.00 bits per heavy atom. The van der Waals surface area contributed by atoms with Crippen molar-refractivity contribution in [1.29, 1.82) is 0 Å². The van der Waals surface area contributed by atoms with Crippen LogP contribution in [-0.4, -0.2) is 16.3 Å². The average Bonchev–Trinajstić information content (AvgIpc) is 2.40. The van der Waals surface area contributed by atoms with Crippen LogP contribution in [0.5, 0.6) is 0 Å². The van der Waals surface area contributed by atoms with Gasteiger partial charge in [-0.3, -0.25) is 9.59 Å². The zero-order valence-corrected chi connectivity index (χ0v) is 13.4. The van der Waals surface area contributed by atoms with E-state index in [0.29, 0.717) is 19.3 Å². The van der Waals surface area contributed by atoms with Crippen LogP contribution < -0.4 is 0 Å². The smallest absolute Gasteiger partial charge is 0.306 e. The van der Waals surface area contributed by atoms with Crippen LogP contribution in [0.15, 0.2) is 12.2 Å². The molecule has 3 nitrogen and oxygen atoms in total. The lowest BCUT2D eigenvalue weighted by molar-refractivity contribution is -0.141. The molecule has 0 aromatic carbocycles. The third-order valence-electron chi connectivity index (χ3n) is 3.49. The number of rotatable bonds is 12. The first kappa shape index (κ1) is 19.2. The summed E-state index contributed by atoms with van der Waals surface area (Å²) >= 11 is 5.57. The fourth-order valence-corrected chi connectivity index (χ4v) is 2.29. The minimum absolute atomic E-state index is 0.133. The van der Waals surface area contributed by atoms with Gasteiger partial charge in [-0.15, -0.1) is 0 Å². The molecule has 0 radical (unpaired) electrons. The van der Waals surface area contributed by atoms with Gasteiger partial charge in [-0.2, -0.15) is 0 Å². The molecule has 0 heterocycles. The van der Waals surface area contributed by atoms with Crippen molar-refractivity contribution in [3.05, 3.63) is 12.2 Å². The molecular weight excluding hydrogens is 276 g/mol. The first-order valence-electron chi connectivity index (χ1n) is 7.60. The Morgan fingerprint density at radius 2 is 1.45 bits per heavy atom. The lowest BCUT2D eigenvalue weighted by Crippen LogP contribution is -2.12. The Bertz CT molecular complexity index is 283. The summed E-state index contributed by atoms with van der Waals surface area (Å²) in [6.07, 6.45) is 10.4. The molecule has 0 aromatic rings. The maximum absolute atomic E-state index is 11.3. The van der Waals surface area contributed by atoms with E-state index in [1.807, 2.05) is 12.2 Å². The molecule has 0 aliphatic carbocycles. The number of aliphatic carboxylic acids is 1. The predicted octanol–water partition coefficient (Wildman–Crippen LogP) is 4.79. The molecule has 0 aromatic heterocycles. The van der Waals surface area contributed by atoms with Gasteiger partial charge in [0.05, 0.1) is 5.92 Å². The highest BCUT2D eigenvalue weighted by Gasteiger charge is 2.16. The molecule has 2 unspecified atom stereocenters. The number of unbranched alkanes of at least 4 members (excludes halogenated alkanes) is 2. The van der Waals surface area contributed by atoms with Gasteiger partial charge in [0.15, 0.2) is 0 Å². The molecule has 0 spiro atoms. The first-order chi connectivity index (χ1) is 9.52. The number of hydrogen-bond donors (Lipinski definition) is 1. The monoisotopic (exact) mass is 302 g/mol. The lowest BCUT2D eigenvalue weighted by Gasteiger charge is -2.10. The zero-order chi connectivity index (χ0) is 15.4. The van der Waals surface area contributed by atoms with Crippen molar-refractivity contribution < 1.29 is 14.7 Å². The fraction of sp³-hybridized carbons (Fsp3) is 0.750. The van der Waals surface area contributed by atoms with Gasteiger partial charge in [0.2, 0.25) is 5.24 Å². The third-order valence-corrected chi connectivity index (χ3v) is 3.80. The average molecular weight is 303 g/mol. The maximum atomic E-state index is 11.3. The van der Waals surface area contributed by atoms with E-state index in [0.717, 1.165) is 32.1 Å². The Morgan fingerprint density at radius 3 is 1.85 bits per heavy atom. The van der Waals surface area contributed by atoms with Crippen LogP contribution in [0.3, 0.4) is 0 Å². The summed E-state index contributed by atoms with van der Waals surface area (Å²) in [5.41, 5.74) is 0. The Labute approximate surface area is 127 Å². The molecule has 0 fully saturated rings. The van der Waals surface area contributed by atoms with Gasteiger partial charge in [-0.25, -0.2) is 0 Å². The minimum atomic E-state index is -0.737. The van der Waals surface area contributed by atoms with Crippen LogP contribution in [0.1, 0.15) is 65.2 Å².